The van der Waals surface area contributed by atoms with Gasteiger partial charge in [0, 0.05) is 5.92 Å². The fourth-order valence-corrected chi connectivity index (χ4v) is 3.21. The van der Waals surface area contributed by atoms with E-state index in [9.17, 15) is 19.5 Å². The Kier molecular flexibility index (Phi) is 16.4. The maximum atomic E-state index is 11.9. The van der Waals surface area contributed by atoms with Crippen molar-refractivity contribution in [2.45, 2.75) is 67.7 Å². The summed E-state index contributed by atoms with van der Waals surface area (Å²) in [6.45, 7) is 16.0. The third-order valence-electron chi connectivity index (χ3n) is 5.21. The number of phenolic OH excluding ortho intramolecular Hbond substituents is 1. The van der Waals surface area contributed by atoms with E-state index >= 15 is 0 Å². The number of primary amides is 1. The summed E-state index contributed by atoms with van der Waals surface area (Å²) in [4.78, 5) is 34.3. The van der Waals surface area contributed by atoms with Gasteiger partial charge in [0.2, 0.25) is 0 Å². The quantitative estimate of drug-likeness (QED) is 0.250. The van der Waals surface area contributed by atoms with Crippen LogP contribution in [-0.2, 0) is 11.2 Å². The molecule has 0 fully saturated rings. The summed E-state index contributed by atoms with van der Waals surface area (Å²) in [6, 6.07) is 20.5. The molecule has 0 aliphatic rings. The highest BCUT2D eigenvalue weighted by molar-refractivity contribution is 5.98. The molecule has 0 aliphatic heterocycles. The van der Waals surface area contributed by atoms with Gasteiger partial charge in [0.15, 0.2) is 0 Å². The van der Waals surface area contributed by atoms with Gasteiger partial charge in [-0.05, 0) is 54.7 Å². The molecule has 6 nitrogen and oxygen atoms in total. The number of aromatic hydroxyl groups is 1. The fraction of sp³-hybridized carbons (Fsp3) is 0.344. The molecule has 1 atom stereocenters. The van der Waals surface area contributed by atoms with Crippen molar-refractivity contribution < 1.29 is 24.2 Å². The van der Waals surface area contributed by atoms with E-state index in [1.165, 1.54) is 29.8 Å². The Bertz CT molecular complexity index is 1140. The number of amides is 1. The fourth-order valence-electron chi connectivity index (χ4n) is 3.21. The van der Waals surface area contributed by atoms with Crippen molar-refractivity contribution in [3.63, 3.8) is 0 Å². The van der Waals surface area contributed by atoms with E-state index < -0.39 is 11.9 Å². The van der Waals surface area contributed by atoms with Gasteiger partial charge < -0.3 is 15.6 Å². The minimum atomic E-state index is -0.758. The normalized spacial score (nSPS) is 10.3. The molecule has 1 unspecified atom stereocenters. The van der Waals surface area contributed by atoms with Gasteiger partial charge in [0.05, 0.1) is 5.56 Å². The number of carbonyl (C=O) groups is 3. The molecule has 38 heavy (non-hydrogen) atoms. The predicted molar refractivity (Wildman–Crippen MR) is 155 cm³/mol. The number of phenols is 1. The molecule has 0 radical (unpaired) electrons. The number of ketones is 1. The van der Waals surface area contributed by atoms with Crippen molar-refractivity contribution >= 4 is 17.7 Å². The van der Waals surface area contributed by atoms with Gasteiger partial charge in [0.25, 0.3) is 5.91 Å². The second kappa shape index (κ2) is 18.3. The Morgan fingerprint density at radius 3 is 1.76 bits per heavy atom. The molecule has 3 aromatic rings. The highest BCUT2D eigenvalue weighted by atomic mass is 16.5. The minimum Gasteiger partial charge on any atom is -0.507 e. The molecule has 0 bridgehead atoms. The first-order chi connectivity index (χ1) is 18.1. The van der Waals surface area contributed by atoms with Gasteiger partial charge in [-0.1, -0.05) is 97.0 Å². The molecule has 0 aromatic heterocycles. The van der Waals surface area contributed by atoms with Crippen LogP contribution in [0.3, 0.4) is 0 Å². The molecule has 6 heteroatoms. The Morgan fingerprint density at radius 2 is 1.29 bits per heavy atom. The van der Waals surface area contributed by atoms with Crippen LogP contribution in [0.1, 0.15) is 93.2 Å². The van der Waals surface area contributed by atoms with Crippen molar-refractivity contribution in [3.8, 4) is 11.5 Å². The topological polar surface area (TPSA) is 107 Å². The third-order valence-corrected chi connectivity index (χ3v) is 5.21. The van der Waals surface area contributed by atoms with Crippen LogP contribution >= 0.6 is 0 Å². The Labute approximate surface area is 227 Å². The summed E-state index contributed by atoms with van der Waals surface area (Å²) in [5.74, 6) is -0.648. The number of ether oxygens (including phenoxy) is 1. The van der Waals surface area contributed by atoms with Crippen LogP contribution in [-0.4, -0.2) is 22.8 Å². The number of nitrogens with two attached hydrogens (primary N) is 1. The van der Waals surface area contributed by atoms with Crippen molar-refractivity contribution in [3.05, 3.63) is 95.1 Å². The molecular formula is C32H43NO5. The Hall–Kier alpha value is -3.93. The van der Waals surface area contributed by atoms with Crippen LogP contribution < -0.4 is 10.5 Å². The predicted octanol–water partition coefficient (Wildman–Crippen LogP) is 7.34. The average Bonchev–Trinajstić information content (AvgIpc) is 2.91. The van der Waals surface area contributed by atoms with E-state index in [2.05, 4.69) is 38.1 Å². The molecule has 206 valence electrons. The number of esters is 1. The number of hydrogen-bond acceptors (Lipinski definition) is 5. The number of benzene rings is 3. The molecule has 3 N–H and O–H groups in total. The zero-order valence-corrected chi connectivity index (χ0v) is 23.9. The summed E-state index contributed by atoms with van der Waals surface area (Å²) < 4.78 is 5.07. The second-order valence-corrected chi connectivity index (χ2v) is 8.44. The maximum absolute atomic E-state index is 11.9. The van der Waals surface area contributed by atoms with E-state index in [0.29, 0.717) is 5.92 Å². The first-order valence-electron chi connectivity index (χ1n) is 13.1. The molecule has 0 heterocycles. The minimum absolute atomic E-state index is 0.0155. The van der Waals surface area contributed by atoms with E-state index in [1.54, 1.807) is 31.2 Å². The zero-order valence-electron chi connectivity index (χ0n) is 23.9. The summed E-state index contributed by atoms with van der Waals surface area (Å²) in [5, 5.41) is 9.54. The summed E-state index contributed by atoms with van der Waals surface area (Å²) in [6.07, 6.45) is 1.11. The van der Waals surface area contributed by atoms with Crippen molar-refractivity contribution in [1.82, 2.24) is 0 Å². The van der Waals surface area contributed by atoms with E-state index in [1.807, 2.05) is 34.6 Å². The van der Waals surface area contributed by atoms with Crippen molar-refractivity contribution in [2.24, 2.45) is 11.7 Å². The smallest absolute Gasteiger partial charge is 0.347 e. The molecule has 3 aromatic carbocycles. The lowest BCUT2D eigenvalue weighted by molar-refractivity contribution is -0.118. The van der Waals surface area contributed by atoms with E-state index in [0.717, 1.165) is 12.0 Å². The highest BCUT2D eigenvalue weighted by Crippen LogP contribution is 2.22. The lowest BCUT2D eigenvalue weighted by atomic mass is 9.95. The Morgan fingerprint density at radius 1 is 0.789 bits per heavy atom. The summed E-state index contributed by atoms with van der Waals surface area (Å²) >= 11 is 0. The molecule has 3 rings (SSSR count). The maximum Gasteiger partial charge on any atom is 0.347 e. The van der Waals surface area contributed by atoms with Crippen LogP contribution in [0, 0.1) is 5.92 Å². The highest BCUT2D eigenvalue weighted by Gasteiger charge is 2.16. The van der Waals surface area contributed by atoms with Gasteiger partial charge in [0.1, 0.15) is 22.8 Å². The second-order valence-electron chi connectivity index (χ2n) is 8.44. The molecule has 0 aliphatic carbocycles. The number of Topliss-reactive ketones (excluding diaryl/α,β-unsaturated/α-hetero) is 1. The molecule has 0 saturated heterocycles. The van der Waals surface area contributed by atoms with Crippen LogP contribution in [0.2, 0.25) is 0 Å². The number of rotatable bonds is 7. The average molecular weight is 522 g/mol. The van der Waals surface area contributed by atoms with E-state index in [-0.39, 0.29) is 34.3 Å². The van der Waals surface area contributed by atoms with Crippen molar-refractivity contribution in [2.75, 3.05) is 0 Å². The van der Waals surface area contributed by atoms with Gasteiger partial charge in [-0.25, -0.2) is 4.79 Å². The number of hydrogen-bond donors (Lipinski definition) is 2. The largest absolute Gasteiger partial charge is 0.507 e. The van der Waals surface area contributed by atoms with Crippen molar-refractivity contribution in [1.29, 1.82) is 0 Å². The van der Waals surface area contributed by atoms with E-state index in [4.69, 9.17) is 10.5 Å². The van der Waals surface area contributed by atoms with Crippen LogP contribution in [0.25, 0.3) is 0 Å². The summed E-state index contributed by atoms with van der Waals surface area (Å²) in [5.41, 5.74) is 7.77. The lowest BCUT2D eigenvalue weighted by Gasteiger charge is -2.10. The molecule has 1 amide bonds. The zero-order chi connectivity index (χ0) is 29.3. The summed E-state index contributed by atoms with van der Waals surface area (Å²) in [7, 11) is 0. The number of para-hydroxylation sites is 2. The SMILES string of the molecule is CC.CC.CC(=O)C(C)c1ccc(CC(C)C)cc1.NC(=O)c1ccccc1OC(=O)c1ccccc1O. The van der Waals surface area contributed by atoms with Crippen LogP contribution in [0.4, 0.5) is 0 Å². The van der Waals surface area contributed by atoms with Gasteiger partial charge >= 0.3 is 5.97 Å². The first-order valence-corrected chi connectivity index (χ1v) is 13.1. The third kappa shape index (κ3) is 11.4. The first kappa shape index (κ1) is 34.1. The van der Waals surface area contributed by atoms with Gasteiger partial charge in [-0.2, -0.15) is 0 Å². The molecular weight excluding hydrogens is 478 g/mol. The van der Waals surface area contributed by atoms with Gasteiger partial charge in [-0.3, -0.25) is 9.59 Å². The monoisotopic (exact) mass is 521 g/mol. The lowest BCUT2D eigenvalue weighted by Crippen LogP contribution is -2.15. The van der Waals surface area contributed by atoms with Crippen LogP contribution in [0.5, 0.6) is 11.5 Å². The molecule has 0 saturated carbocycles. The number of carbonyl (C=O) groups excluding carboxylic acids is 3. The molecule has 0 spiro atoms. The Balaban J connectivity index is 0.000000651. The van der Waals surface area contributed by atoms with Gasteiger partial charge in [-0.15, -0.1) is 0 Å². The van der Waals surface area contributed by atoms with Crippen LogP contribution in [0.15, 0.2) is 72.8 Å². The standard InChI is InChI=1S/C14H11NO4.C14H20O.2C2H6/c15-13(17)10-6-2-4-8-12(10)19-14(18)9-5-1-3-7-11(9)16;1-10(2)9-13-5-7-14(8-6-13)11(3)12(4)15;2*1-2/h1-8,16H,(H2,15,17);5-8,10-11H,9H2,1-4H3;2*1-2H3.